The van der Waals surface area contributed by atoms with Crippen LogP contribution in [0.4, 0.5) is 0 Å². The first-order chi connectivity index (χ1) is 11.6. The average molecular weight is 331 g/mol. The van der Waals surface area contributed by atoms with Gasteiger partial charge in [0.25, 0.3) is 5.56 Å². The van der Waals surface area contributed by atoms with E-state index in [1.54, 1.807) is 22.7 Å². The molecule has 2 aromatic rings. The van der Waals surface area contributed by atoms with Crippen LogP contribution in [-0.4, -0.2) is 51.2 Å². The lowest BCUT2D eigenvalue weighted by molar-refractivity contribution is -0.121. The van der Waals surface area contributed by atoms with Crippen LogP contribution in [0.5, 0.6) is 0 Å². The number of carbonyl (C=O) groups is 1. The van der Waals surface area contributed by atoms with Crippen LogP contribution in [0.2, 0.25) is 0 Å². The number of nitrogens with zero attached hydrogens (tertiary/aromatic N) is 4. The van der Waals surface area contributed by atoms with E-state index in [4.69, 9.17) is 0 Å². The number of rotatable bonds is 5. The summed E-state index contributed by atoms with van der Waals surface area (Å²) in [5, 5.41) is 7.12. The van der Waals surface area contributed by atoms with Gasteiger partial charge < -0.3 is 10.2 Å². The van der Waals surface area contributed by atoms with Crippen molar-refractivity contribution < 1.29 is 4.79 Å². The summed E-state index contributed by atoms with van der Waals surface area (Å²) < 4.78 is 2.97. The van der Waals surface area contributed by atoms with Crippen molar-refractivity contribution in [2.24, 2.45) is 0 Å². The Kier molecular flexibility index (Phi) is 5.30. The summed E-state index contributed by atoms with van der Waals surface area (Å²) in [4.78, 5) is 26.8. The summed E-state index contributed by atoms with van der Waals surface area (Å²) in [5.74, 6) is 0.515. The molecule has 0 spiro atoms. The maximum atomic E-state index is 12.3. The zero-order valence-electron chi connectivity index (χ0n) is 14.2. The Balaban J connectivity index is 1.55. The first-order valence-corrected chi connectivity index (χ1v) is 8.69. The van der Waals surface area contributed by atoms with Gasteiger partial charge in [-0.05, 0) is 45.0 Å². The first-order valence-electron chi connectivity index (χ1n) is 8.69. The van der Waals surface area contributed by atoms with Crippen molar-refractivity contribution in [3.8, 4) is 0 Å². The van der Waals surface area contributed by atoms with Gasteiger partial charge in [-0.15, -0.1) is 0 Å². The van der Waals surface area contributed by atoms with Crippen LogP contribution in [0.3, 0.4) is 0 Å². The molecule has 0 aliphatic carbocycles. The molecular formula is C17H25N5O2. The topological polar surface area (TPSA) is 71.6 Å². The standard InChI is InChI=1S/C17H25N5O2/c1-14-19-22(17(24)15-7-6-11-21(14)15)13-16(23)18-8-12-20-9-4-2-3-5-10-20/h6-7,11H,2-5,8-10,12-13H2,1H3,(H,18,23). The Morgan fingerprint density at radius 1 is 1.25 bits per heavy atom. The van der Waals surface area contributed by atoms with Gasteiger partial charge in [0.2, 0.25) is 5.91 Å². The van der Waals surface area contributed by atoms with E-state index in [1.165, 1.54) is 30.4 Å². The maximum absolute atomic E-state index is 12.3. The summed E-state index contributed by atoms with van der Waals surface area (Å²) in [6, 6.07) is 3.54. The lowest BCUT2D eigenvalue weighted by atomic mass is 10.2. The third kappa shape index (κ3) is 3.84. The molecule has 2 aromatic heterocycles. The molecule has 3 heterocycles. The molecule has 0 atom stereocenters. The highest BCUT2D eigenvalue weighted by atomic mass is 16.2. The van der Waals surface area contributed by atoms with Crippen LogP contribution < -0.4 is 10.9 Å². The van der Waals surface area contributed by atoms with E-state index in [9.17, 15) is 9.59 Å². The predicted octanol–water partition coefficient (Wildman–Crippen LogP) is 0.797. The SMILES string of the molecule is Cc1nn(CC(=O)NCCN2CCCCCC2)c(=O)c2cccn12. The Hall–Kier alpha value is -2.15. The van der Waals surface area contributed by atoms with Crippen molar-refractivity contribution in [2.45, 2.75) is 39.2 Å². The summed E-state index contributed by atoms with van der Waals surface area (Å²) >= 11 is 0. The quantitative estimate of drug-likeness (QED) is 0.879. The number of fused-ring (bicyclic) bond motifs is 1. The lowest BCUT2D eigenvalue weighted by Crippen LogP contribution is -2.39. The number of amides is 1. The van der Waals surface area contributed by atoms with E-state index in [0.717, 1.165) is 19.6 Å². The van der Waals surface area contributed by atoms with Crippen LogP contribution in [0.1, 0.15) is 31.5 Å². The van der Waals surface area contributed by atoms with E-state index < -0.39 is 0 Å². The predicted molar refractivity (Wildman–Crippen MR) is 92.1 cm³/mol. The average Bonchev–Trinajstić information content (AvgIpc) is 2.92. The summed E-state index contributed by atoms with van der Waals surface area (Å²) in [7, 11) is 0. The van der Waals surface area contributed by atoms with Gasteiger partial charge in [0.1, 0.15) is 17.9 Å². The zero-order valence-corrected chi connectivity index (χ0v) is 14.2. The highest BCUT2D eigenvalue weighted by Gasteiger charge is 2.12. The van der Waals surface area contributed by atoms with Crippen LogP contribution in [0.15, 0.2) is 23.1 Å². The molecule has 0 radical (unpaired) electrons. The van der Waals surface area contributed by atoms with Crippen LogP contribution in [-0.2, 0) is 11.3 Å². The fourth-order valence-corrected chi connectivity index (χ4v) is 3.25. The van der Waals surface area contributed by atoms with Crippen molar-refractivity contribution in [1.29, 1.82) is 0 Å². The number of nitrogens with one attached hydrogen (secondary N) is 1. The first kappa shape index (κ1) is 16.7. The molecular weight excluding hydrogens is 306 g/mol. The highest BCUT2D eigenvalue weighted by molar-refractivity contribution is 5.75. The molecule has 130 valence electrons. The molecule has 3 rings (SSSR count). The van der Waals surface area contributed by atoms with Crippen molar-refractivity contribution in [1.82, 2.24) is 24.4 Å². The Morgan fingerprint density at radius 2 is 2.00 bits per heavy atom. The molecule has 7 nitrogen and oxygen atoms in total. The smallest absolute Gasteiger partial charge is 0.291 e. The largest absolute Gasteiger partial charge is 0.353 e. The molecule has 0 aromatic carbocycles. The summed E-state index contributed by atoms with van der Waals surface area (Å²) in [6.07, 6.45) is 6.89. The van der Waals surface area contributed by atoms with E-state index in [1.807, 2.05) is 6.92 Å². The molecule has 0 saturated carbocycles. The Labute approximate surface area is 141 Å². The van der Waals surface area contributed by atoms with Gasteiger partial charge in [0.15, 0.2) is 0 Å². The molecule has 24 heavy (non-hydrogen) atoms. The second-order valence-electron chi connectivity index (χ2n) is 6.38. The van der Waals surface area contributed by atoms with E-state index in [0.29, 0.717) is 17.9 Å². The Bertz CT molecular complexity index is 756. The maximum Gasteiger partial charge on any atom is 0.291 e. The van der Waals surface area contributed by atoms with Gasteiger partial charge >= 0.3 is 0 Å². The Morgan fingerprint density at radius 3 is 2.75 bits per heavy atom. The molecule has 0 unspecified atom stereocenters. The second-order valence-corrected chi connectivity index (χ2v) is 6.38. The number of likely N-dealkylation sites (tertiary alicyclic amines) is 1. The number of aromatic nitrogens is 3. The number of carbonyl (C=O) groups excluding carboxylic acids is 1. The molecule has 1 fully saturated rings. The zero-order chi connectivity index (χ0) is 16.9. The van der Waals surface area contributed by atoms with E-state index in [-0.39, 0.29) is 18.0 Å². The van der Waals surface area contributed by atoms with Crippen molar-refractivity contribution in [3.63, 3.8) is 0 Å². The van der Waals surface area contributed by atoms with Gasteiger partial charge in [-0.25, -0.2) is 4.68 Å². The minimum atomic E-state index is -0.242. The molecule has 1 saturated heterocycles. The van der Waals surface area contributed by atoms with Crippen LogP contribution in [0.25, 0.3) is 5.52 Å². The van der Waals surface area contributed by atoms with Crippen molar-refractivity contribution in [2.75, 3.05) is 26.2 Å². The molecule has 7 heteroatoms. The van der Waals surface area contributed by atoms with Gasteiger partial charge in [0, 0.05) is 19.3 Å². The number of hydrogen-bond donors (Lipinski definition) is 1. The monoisotopic (exact) mass is 331 g/mol. The van der Waals surface area contributed by atoms with E-state index >= 15 is 0 Å². The fraction of sp³-hybridized carbons (Fsp3) is 0.588. The number of hydrogen-bond acceptors (Lipinski definition) is 4. The molecule has 1 N–H and O–H groups in total. The summed E-state index contributed by atoms with van der Waals surface area (Å²) in [5.41, 5.74) is 0.299. The number of aryl methyl sites for hydroxylation is 1. The minimum absolute atomic E-state index is 0.0403. The summed E-state index contributed by atoms with van der Waals surface area (Å²) in [6.45, 7) is 5.48. The van der Waals surface area contributed by atoms with Crippen molar-refractivity contribution >= 4 is 11.4 Å². The molecule has 1 aliphatic rings. The minimum Gasteiger partial charge on any atom is -0.353 e. The van der Waals surface area contributed by atoms with Gasteiger partial charge in [-0.1, -0.05) is 12.8 Å². The highest BCUT2D eigenvalue weighted by Crippen LogP contribution is 2.08. The third-order valence-corrected chi connectivity index (χ3v) is 4.56. The van der Waals surface area contributed by atoms with Gasteiger partial charge in [0.05, 0.1) is 0 Å². The van der Waals surface area contributed by atoms with Crippen LogP contribution in [0, 0.1) is 6.92 Å². The third-order valence-electron chi connectivity index (χ3n) is 4.56. The van der Waals surface area contributed by atoms with Gasteiger partial charge in [-0.2, -0.15) is 5.10 Å². The fourth-order valence-electron chi connectivity index (χ4n) is 3.25. The van der Waals surface area contributed by atoms with Gasteiger partial charge in [-0.3, -0.25) is 14.0 Å². The molecule has 1 aliphatic heterocycles. The normalized spacial score (nSPS) is 16.2. The van der Waals surface area contributed by atoms with E-state index in [2.05, 4.69) is 15.3 Å². The van der Waals surface area contributed by atoms with Crippen LogP contribution >= 0.6 is 0 Å². The second kappa shape index (κ2) is 7.61. The van der Waals surface area contributed by atoms with Crippen molar-refractivity contribution in [3.05, 3.63) is 34.5 Å². The molecule has 0 bridgehead atoms. The molecule has 1 amide bonds. The lowest BCUT2D eigenvalue weighted by Gasteiger charge is -2.19.